The summed E-state index contributed by atoms with van der Waals surface area (Å²) in [6.45, 7) is 5.34. The van der Waals surface area contributed by atoms with Crippen molar-refractivity contribution in [1.29, 1.82) is 0 Å². The molecule has 0 amide bonds. The van der Waals surface area contributed by atoms with E-state index in [0.29, 0.717) is 11.9 Å². The number of nitrogens with one attached hydrogen (secondary N) is 1. The van der Waals surface area contributed by atoms with E-state index in [4.69, 9.17) is 11.6 Å². The van der Waals surface area contributed by atoms with Crippen LogP contribution in [0, 0.1) is 0 Å². The van der Waals surface area contributed by atoms with Crippen LogP contribution in [0.15, 0.2) is 53.4 Å². The minimum atomic E-state index is -3.55. The second kappa shape index (κ2) is 10.2. The van der Waals surface area contributed by atoms with Crippen LogP contribution in [0.5, 0.6) is 0 Å². The largest absolute Gasteiger partial charge is 0.300 e. The van der Waals surface area contributed by atoms with Crippen molar-refractivity contribution in [2.24, 2.45) is 0 Å². The second-order valence-electron chi connectivity index (χ2n) is 7.04. The fourth-order valence-electron chi connectivity index (χ4n) is 2.70. The zero-order chi connectivity index (χ0) is 19.9. The van der Waals surface area contributed by atoms with Crippen LogP contribution >= 0.6 is 11.6 Å². The molecule has 0 radical (unpaired) electrons. The Labute approximate surface area is 168 Å². The van der Waals surface area contributed by atoms with Crippen molar-refractivity contribution in [2.45, 2.75) is 50.7 Å². The summed E-state index contributed by atoms with van der Waals surface area (Å²) in [6.07, 6.45) is 1.74. The van der Waals surface area contributed by atoms with E-state index in [1.807, 2.05) is 36.4 Å². The average Bonchev–Trinajstić information content (AvgIpc) is 2.66. The minimum Gasteiger partial charge on any atom is -0.300 e. The molecule has 0 atom stereocenters. The third kappa shape index (κ3) is 6.61. The normalized spacial score (nSPS) is 12.1. The summed E-state index contributed by atoms with van der Waals surface area (Å²) in [7, 11) is -1.48. The fourth-order valence-corrected chi connectivity index (χ4v) is 3.84. The highest BCUT2D eigenvalue weighted by Gasteiger charge is 2.15. The zero-order valence-corrected chi connectivity index (χ0v) is 17.9. The Morgan fingerprint density at radius 3 is 2.26 bits per heavy atom. The van der Waals surface area contributed by atoms with Crippen LogP contribution in [0.3, 0.4) is 0 Å². The molecule has 0 aromatic heterocycles. The molecule has 0 bridgehead atoms. The first-order chi connectivity index (χ1) is 12.8. The Hall–Kier alpha value is -1.40. The summed E-state index contributed by atoms with van der Waals surface area (Å²) in [5, 5.41) is 0. The lowest BCUT2D eigenvalue weighted by atomic mass is 10.1. The molecule has 0 fully saturated rings. The average molecular weight is 409 g/mol. The van der Waals surface area contributed by atoms with E-state index >= 15 is 0 Å². The number of aryl methyl sites for hydroxylation is 1. The van der Waals surface area contributed by atoms with Gasteiger partial charge in [0.25, 0.3) is 0 Å². The van der Waals surface area contributed by atoms with Gasteiger partial charge < -0.3 is 0 Å². The van der Waals surface area contributed by atoms with Crippen LogP contribution in [-0.2, 0) is 29.5 Å². The highest BCUT2D eigenvalue weighted by Crippen LogP contribution is 2.16. The number of alkyl halides is 1. The first kappa shape index (κ1) is 21.9. The maximum Gasteiger partial charge on any atom is 0.240 e. The maximum atomic E-state index is 12.6. The van der Waals surface area contributed by atoms with Crippen LogP contribution in [0.2, 0.25) is 0 Å². The molecule has 2 aromatic rings. The van der Waals surface area contributed by atoms with E-state index in [2.05, 4.69) is 30.5 Å². The van der Waals surface area contributed by atoms with Gasteiger partial charge in [0.05, 0.1) is 4.90 Å². The third-order valence-electron chi connectivity index (χ3n) is 4.71. The smallest absolute Gasteiger partial charge is 0.240 e. The van der Waals surface area contributed by atoms with Gasteiger partial charge in [-0.1, -0.05) is 36.4 Å². The molecule has 2 rings (SSSR count). The molecule has 0 aliphatic heterocycles. The lowest BCUT2D eigenvalue weighted by Crippen LogP contribution is -2.27. The van der Waals surface area contributed by atoms with Gasteiger partial charge in [-0.3, -0.25) is 4.90 Å². The predicted molar refractivity (Wildman–Crippen MR) is 113 cm³/mol. The first-order valence-electron chi connectivity index (χ1n) is 9.25. The number of benzene rings is 2. The molecule has 6 heteroatoms. The Kier molecular flexibility index (Phi) is 8.29. The molecule has 0 aliphatic carbocycles. The molecular weight excluding hydrogens is 380 g/mol. The number of nitrogens with zero attached hydrogens (tertiary/aromatic N) is 1. The summed E-state index contributed by atoms with van der Waals surface area (Å²) in [5.74, 6) is 0.604. The van der Waals surface area contributed by atoms with Gasteiger partial charge in [-0.05, 0) is 62.6 Å². The van der Waals surface area contributed by atoms with Crippen LogP contribution in [0.1, 0.15) is 37.0 Å². The van der Waals surface area contributed by atoms with Gasteiger partial charge in [-0.15, -0.1) is 11.6 Å². The van der Waals surface area contributed by atoms with E-state index in [1.54, 1.807) is 12.1 Å². The molecule has 0 saturated heterocycles. The van der Waals surface area contributed by atoms with Crippen LogP contribution in [0.4, 0.5) is 0 Å². The molecular formula is C21H29ClN2O2S. The lowest BCUT2D eigenvalue weighted by Gasteiger charge is -2.22. The number of sulfonamides is 1. The van der Waals surface area contributed by atoms with E-state index in [9.17, 15) is 8.42 Å². The van der Waals surface area contributed by atoms with Gasteiger partial charge in [0.15, 0.2) is 0 Å². The van der Waals surface area contributed by atoms with Gasteiger partial charge in [-0.25, -0.2) is 13.1 Å². The molecule has 0 heterocycles. The SMILES string of the molecule is CC(C)N(C)Cc1ccccc1CNS(=O)(=O)c1ccc(CCCCl)cc1. The highest BCUT2D eigenvalue weighted by atomic mass is 35.5. The predicted octanol–water partition coefficient (Wildman–Crippen LogP) is 4.18. The first-order valence-corrected chi connectivity index (χ1v) is 11.3. The molecule has 0 saturated carbocycles. The Morgan fingerprint density at radius 2 is 1.67 bits per heavy atom. The van der Waals surface area contributed by atoms with Crippen molar-refractivity contribution in [3.05, 3.63) is 65.2 Å². The van der Waals surface area contributed by atoms with Crippen molar-refractivity contribution in [2.75, 3.05) is 12.9 Å². The van der Waals surface area contributed by atoms with E-state index in [0.717, 1.165) is 36.1 Å². The molecule has 0 unspecified atom stereocenters. The molecule has 1 N–H and O–H groups in total. The number of hydrogen-bond acceptors (Lipinski definition) is 3. The summed E-state index contributed by atoms with van der Waals surface area (Å²) in [5.41, 5.74) is 3.22. The summed E-state index contributed by atoms with van der Waals surface area (Å²) >= 11 is 5.71. The number of hydrogen-bond donors (Lipinski definition) is 1. The topological polar surface area (TPSA) is 49.4 Å². The Balaban J connectivity index is 2.07. The number of rotatable bonds is 10. The molecule has 2 aromatic carbocycles. The van der Waals surface area contributed by atoms with Crippen molar-refractivity contribution in [3.8, 4) is 0 Å². The highest BCUT2D eigenvalue weighted by molar-refractivity contribution is 7.89. The summed E-state index contributed by atoms with van der Waals surface area (Å²) < 4.78 is 28.0. The van der Waals surface area contributed by atoms with Crippen molar-refractivity contribution in [3.63, 3.8) is 0 Å². The van der Waals surface area contributed by atoms with Crippen molar-refractivity contribution < 1.29 is 8.42 Å². The van der Waals surface area contributed by atoms with Crippen LogP contribution in [0.25, 0.3) is 0 Å². The van der Waals surface area contributed by atoms with E-state index < -0.39 is 10.0 Å². The van der Waals surface area contributed by atoms with Gasteiger partial charge >= 0.3 is 0 Å². The van der Waals surface area contributed by atoms with E-state index in [-0.39, 0.29) is 11.4 Å². The third-order valence-corrected chi connectivity index (χ3v) is 6.39. The lowest BCUT2D eigenvalue weighted by molar-refractivity contribution is 0.265. The standard InChI is InChI=1S/C21H29ClN2O2S/c1-17(2)24(3)16-20-9-5-4-8-19(20)15-23-27(25,26)21-12-10-18(11-13-21)7-6-14-22/h4-5,8-13,17,23H,6-7,14-16H2,1-3H3. The van der Waals surface area contributed by atoms with Gasteiger partial charge in [-0.2, -0.15) is 0 Å². The fraction of sp³-hybridized carbons (Fsp3) is 0.429. The van der Waals surface area contributed by atoms with Gasteiger partial charge in [0, 0.05) is 25.0 Å². The van der Waals surface area contributed by atoms with Crippen LogP contribution in [-0.4, -0.2) is 32.3 Å². The monoisotopic (exact) mass is 408 g/mol. The molecule has 148 valence electrons. The van der Waals surface area contributed by atoms with Gasteiger partial charge in [0.2, 0.25) is 10.0 Å². The second-order valence-corrected chi connectivity index (χ2v) is 9.18. The molecule has 0 spiro atoms. The Morgan fingerprint density at radius 1 is 1.04 bits per heavy atom. The zero-order valence-electron chi connectivity index (χ0n) is 16.3. The summed E-state index contributed by atoms with van der Waals surface area (Å²) in [4.78, 5) is 2.52. The quantitative estimate of drug-likeness (QED) is 0.600. The molecule has 0 aliphatic rings. The minimum absolute atomic E-state index is 0.276. The molecule has 4 nitrogen and oxygen atoms in total. The number of halogens is 1. The van der Waals surface area contributed by atoms with E-state index in [1.165, 1.54) is 0 Å². The van der Waals surface area contributed by atoms with Gasteiger partial charge in [0.1, 0.15) is 0 Å². The Bertz CT molecular complexity index is 820. The summed E-state index contributed by atoms with van der Waals surface area (Å²) in [6, 6.07) is 15.4. The van der Waals surface area contributed by atoms with Crippen molar-refractivity contribution in [1.82, 2.24) is 9.62 Å². The maximum absolute atomic E-state index is 12.6. The van der Waals surface area contributed by atoms with Crippen LogP contribution < -0.4 is 4.72 Å². The molecule has 27 heavy (non-hydrogen) atoms. The van der Waals surface area contributed by atoms with Crippen molar-refractivity contribution >= 4 is 21.6 Å².